The Hall–Kier alpha value is -1.88. The molecule has 2 N–H and O–H groups in total. The molecule has 0 aromatic heterocycles. The average molecular weight is 264 g/mol. The van der Waals surface area contributed by atoms with Crippen molar-refractivity contribution in [2.75, 3.05) is 18.9 Å². The second-order valence-electron chi connectivity index (χ2n) is 4.80. The molecule has 1 amide bonds. The number of anilines is 1. The highest BCUT2D eigenvalue weighted by Crippen LogP contribution is 2.16. The van der Waals surface area contributed by atoms with E-state index >= 15 is 0 Å². The Kier molecular flexibility index (Phi) is 5.06. The van der Waals surface area contributed by atoms with Crippen LogP contribution in [-0.2, 0) is 9.59 Å². The molecule has 1 atom stereocenters. The molecule has 0 bridgehead atoms. The van der Waals surface area contributed by atoms with Gasteiger partial charge in [-0.15, -0.1) is 0 Å². The molecule has 0 aliphatic heterocycles. The summed E-state index contributed by atoms with van der Waals surface area (Å²) in [5.41, 5.74) is 2.81. The molecule has 0 spiro atoms. The van der Waals surface area contributed by atoms with Gasteiger partial charge in [-0.05, 0) is 45.0 Å². The number of likely N-dealkylation sites (N-methyl/N-ethyl adjacent to an activating group) is 1. The third kappa shape index (κ3) is 4.37. The van der Waals surface area contributed by atoms with E-state index in [0.717, 1.165) is 16.8 Å². The van der Waals surface area contributed by atoms with Crippen molar-refractivity contribution < 1.29 is 14.7 Å². The lowest BCUT2D eigenvalue weighted by Gasteiger charge is -2.20. The number of rotatable bonds is 5. The van der Waals surface area contributed by atoms with Crippen molar-refractivity contribution >= 4 is 17.6 Å². The maximum atomic E-state index is 11.9. The summed E-state index contributed by atoms with van der Waals surface area (Å²) in [4.78, 5) is 24.2. The van der Waals surface area contributed by atoms with Gasteiger partial charge in [-0.25, -0.2) is 0 Å². The summed E-state index contributed by atoms with van der Waals surface area (Å²) in [6, 6.07) is 5.12. The van der Waals surface area contributed by atoms with Gasteiger partial charge in [0.2, 0.25) is 5.91 Å². The first-order valence-corrected chi connectivity index (χ1v) is 6.11. The van der Waals surface area contributed by atoms with Gasteiger partial charge in [-0.1, -0.05) is 12.1 Å². The van der Waals surface area contributed by atoms with E-state index in [2.05, 4.69) is 5.32 Å². The number of amides is 1. The molecule has 5 heteroatoms. The normalized spacial score (nSPS) is 12.3. The number of aryl methyl sites for hydroxylation is 2. The number of nitrogens with zero attached hydrogens (tertiary/aromatic N) is 1. The summed E-state index contributed by atoms with van der Waals surface area (Å²) in [6.07, 6.45) is 0. The minimum Gasteiger partial charge on any atom is -0.480 e. The Labute approximate surface area is 113 Å². The van der Waals surface area contributed by atoms with E-state index in [0.29, 0.717) is 0 Å². The van der Waals surface area contributed by atoms with Gasteiger partial charge in [0, 0.05) is 5.69 Å². The number of carbonyl (C=O) groups excluding carboxylic acids is 1. The van der Waals surface area contributed by atoms with Crippen molar-refractivity contribution in [3.63, 3.8) is 0 Å². The van der Waals surface area contributed by atoms with Gasteiger partial charge < -0.3 is 10.4 Å². The molecule has 0 saturated carbocycles. The maximum absolute atomic E-state index is 11.9. The fourth-order valence-electron chi connectivity index (χ4n) is 1.61. The number of carboxylic acid groups (broad SMARTS) is 1. The van der Waals surface area contributed by atoms with Crippen LogP contribution in [0.2, 0.25) is 0 Å². The number of carboxylic acids is 1. The molecule has 19 heavy (non-hydrogen) atoms. The second kappa shape index (κ2) is 6.33. The zero-order valence-electron chi connectivity index (χ0n) is 11.7. The summed E-state index contributed by atoms with van der Waals surface area (Å²) < 4.78 is 0. The van der Waals surface area contributed by atoms with Gasteiger partial charge in [-0.2, -0.15) is 0 Å². The highest BCUT2D eigenvalue weighted by molar-refractivity contribution is 5.93. The minimum atomic E-state index is -0.943. The predicted molar refractivity (Wildman–Crippen MR) is 74.3 cm³/mol. The maximum Gasteiger partial charge on any atom is 0.320 e. The topological polar surface area (TPSA) is 69.6 Å². The molecule has 1 aromatic carbocycles. The molecule has 1 unspecified atom stereocenters. The van der Waals surface area contributed by atoms with Gasteiger partial charge in [0.15, 0.2) is 0 Å². The largest absolute Gasteiger partial charge is 0.480 e. The van der Waals surface area contributed by atoms with Crippen molar-refractivity contribution in [3.05, 3.63) is 29.3 Å². The van der Waals surface area contributed by atoms with Crippen LogP contribution < -0.4 is 5.32 Å². The van der Waals surface area contributed by atoms with Crippen LogP contribution in [0.25, 0.3) is 0 Å². The van der Waals surface area contributed by atoms with Crippen LogP contribution >= 0.6 is 0 Å². The molecule has 0 radical (unpaired) electrons. The number of hydrogen-bond acceptors (Lipinski definition) is 3. The Bertz CT molecular complexity index is 486. The second-order valence-corrected chi connectivity index (χ2v) is 4.80. The van der Waals surface area contributed by atoms with E-state index in [-0.39, 0.29) is 12.5 Å². The third-order valence-electron chi connectivity index (χ3n) is 3.08. The molecule has 0 fully saturated rings. The van der Waals surface area contributed by atoms with Crippen LogP contribution in [0.5, 0.6) is 0 Å². The number of benzene rings is 1. The van der Waals surface area contributed by atoms with E-state index in [1.165, 1.54) is 4.90 Å². The van der Waals surface area contributed by atoms with Crippen LogP contribution in [0.1, 0.15) is 18.1 Å². The highest BCUT2D eigenvalue weighted by atomic mass is 16.4. The Balaban J connectivity index is 2.65. The van der Waals surface area contributed by atoms with Crippen molar-refractivity contribution in [2.24, 2.45) is 0 Å². The summed E-state index contributed by atoms with van der Waals surface area (Å²) >= 11 is 0. The van der Waals surface area contributed by atoms with Gasteiger partial charge in [0.25, 0.3) is 0 Å². The standard InChI is InChI=1S/C14H20N2O3/c1-9-5-6-10(2)12(7-9)15-13(17)8-16(4)11(3)14(18)19/h5-7,11H,8H2,1-4H3,(H,15,17)(H,18,19). The van der Waals surface area contributed by atoms with E-state index in [1.807, 2.05) is 32.0 Å². The molecular formula is C14H20N2O3. The van der Waals surface area contributed by atoms with Gasteiger partial charge >= 0.3 is 5.97 Å². The van der Waals surface area contributed by atoms with Crippen molar-refractivity contribution in [1.82, 2.24) is 4.90 Å². The first-order chi connectivity index (χ1) is 8.81. The van der Waals surface area contributed by atoms with Gasteiger partial charge in [0.1, 0.15) is 6.04 Å². The van der Waals surface area contributed by atoms with Crippen LogP contribution in [0.3, 0.4) is 0 Å². The van der Waals surface area contributed by atoms with E-state index in [9.17, 15) is 9.59 Å². The Morgan fingerprint density at radius 3 is 2.58 bits per heavy atom. The first-order valence-electron chi connectivity index (χ1n) is 6.11. The summed E-state index contributed by atoms with van der Waals surface area (Å²) in [7, 11) is 1.61. The Morgan fingerprint density at radius 1 is 1.37 bits per heavy atom. The quantitative estimate of drug-likeness (QED) is 0.848. The summed E-state index contributed by atoms with van der Waals surface area (Å²) in [5, 5.41) is 11.7. The average Bonchev–Trinajstić information content (AvgIpc) is 2.32. The lowest BCUT2D eigenvalue weighted by Crippen LogP contribution is -2.40. The fraction of sp³-hybridized carbons (Fsp3) is 0.429. The van der Waals surface area contributed by atoms with Crippen LogP contribution in [0.4, 0.5) is 5.69 Å². The third-order valence-corrected chi connectivity index (χ3v) is 3.08. The summed E-state index contributed by atoms with van der Waals surface area (Å²) in [6.45, 7) is 5.46. The predicted octanol–water partition coefficient (Wildman–Crippen LogP) is 1.65. The zero-order valence-corrected chi connectivity index (χ0v) is 11.7. The molecule has 0 heterocycles. The van der Waals surface area contributed by atoms with Crippen LogP contribution in [-0.4, -0.2) is 41.5 Å². The molecule has 0 saturated heterocycles. The van der Waals surface area contributed by atoms with E-state index < -0.39 is 12.0 Å². The van der Waals surface area contributed by atoms with E-state index in [1.54, 1.807) is 14.0 Å². The summed E-state index contributed by atoms with van der Waals surface area (Å²) in [5.74, 6) is -1.16. The molecule has 5 nitrogen and oxygen atoms in total. The first kappa shape index (κ1) is 15.2. The van der Waals surface area contributed by atoms with Crippen LogP contribution in [0, 0.1) is 13.8 Å². The molecule has 104 valence electrons. The minimum absolute atomic E-state index is 0.0425. The number of hydrogen-bond donors (Lipinski definition) is 2. The number of nitrogens with one attached hydrogen (secondary N) is 1. The van der Waals surface area contributed by atoms with E-state index in [4.69, 9.17) is 5.11 Å². The number of carbonyl (C=O) groups is 2. The van der Waals surface area contributed by atoms with Gasteiger partial charge in [-0.3, -0.25) is 14.5 Å². The fourth-order valence-corrected chi connectivity index (χ4v) is 1.61. The number of aliphatic carboxylic acids is 1. The van der Waals surface area contributed by atoms with Gasteiger partial charge in [0.05, 0.1) is 6.54 Å². The Morgan fingerprint density at radius 2 is 2.00 bits per heavy atom. The lowest BCUT2D eigenvalue weighted by molar-refractivity contribution is -0.142. The van der Waals surface area contributed by atoms with Crippen LogP contribution in [0.15, 0.2) is 18.2 Å². The molecule has 0 aliphatic carbocycles. The van der Waals surface area contributed by atoms with Crippen molar-refractivity contribution in [1.29, 1.82) is 0 Å². The smallest absolute Gasteiger partial charge is 0.320 e. The molecule has 1 aromatic rings. The molecule has 0 aliphatic rings. The SMILES string of the molecule is Cc1ccc(C)c(NC(=O)CN(C)C(C)C(=O)O)c1. The lowest BCUT2D eigenvalue weighted by atomic mass is 10.1. The zero-order chi connectivity index (χ0) is 14.6. The molecule has 1 rings (SSSR count). The van der Waals surface area contributed by atoms with Crippen molar-refractivity contribution in [3.8, 4) is 0 Å². The molecular weight excluding hydrogens is 244 g/mol. The van der Waals surface area contributed by atoms with Crippen molar-refractivity contribution in [2.45, 2.75) is 26.8 Å². The highest BCUT2D eigenvalue weighted by Gasteiger charge is 2.19. The monoisotopic (exact) mass is 264 g/mol.